The first-order chi connectivity index (χ1) is 17.9. The van der Waals surface area contributed by atoms with Crippen molar-refractivity contribution in [3.05, 3.63) is 88.9 Å². The Morgan fingerprint density at radius 3 is 2.11 bits per heavy atom. The van der Waals surface area contributed by atoms with Gasteiger partial charge in [0, 0.05) is 42.7 Å². The Hall–Kier alpha value is -3.71. The van der Waals surface area contributed by atoms with E-state index in [2.05, 4.69) is 5.32 Å². The highest BCUT2D eigenvalue weighted by molar-refractivity contribution is 6.30. The van der Waals surface area contributed by atoms with Crippen LogP contribution in [0.25, 0.3) is 0 Å². The Morgan fingerprint density at radius 2 is 1.51 bits per heavy atom. The van der Waals surface area contributed by atoms with Crippen LogP contribution >= 0.6 is 11.6 Å². The molecule has 0 aliphatic rings. The van der Waals surface area contributed by atoms with Gasteiger partial charge in [-0.3, -0.25) is 9.59 Å². The number of nitrogens with one attached hydrogen (secondary N) is 1. The minimum Gasteiger partial charge on any atom is -0.496 e. The van der Waals surface area contributed by atoms with Gasteiger partial charge in [-0.1, -0.05) is 61.0 Å². The molecule has 8 heteroatoms. The third kappa shape index (κ3) is 8.43. The number of amides is 2. The Bertz CT molecular complexity index is 1130. The number of halogens is 1. The predicted octanol–water partition coefficient (Wildman–Crippen LogP) is 4.90. The Balaban J connectivity index is 1.90. The van der Waals surface area contributed by atoms with Crippen LogP contribution in [-0.2, 0) is 22.6 Å². The van der Waals surface area contributed by atoms with Crippen molar-refractivity contribution >= 4 is 23.4 Å². The van der Waals surface area contributed by atoms with E-state index < -0.39 is 6.04 Å². The Morgan fingerprint density at radius 1 is 0.892 bits per heavy atom. The van der Waals surface area contributed by atoms with Gasteiger partial charge in [0.25, 0.3) is 5.91 Å². The Kier molecular flexibility index (Phi) is 10.6. The normalized spacial score (nSPS) is 11.4. The molecule has 0 unspecified atom stereocenters. The number of rotatable bonds is 13. The number of benzene rings is 3. The zero-order valence-electron chi connectivity index (χ0n) is 21.4. The first kappa shape index (κ1) is 27.9. The molecule has 0 saturated carbocycles. The fraction of sp³-hybridized carbons (Fsp3) is 0.310. The van der Waals surface area contributed by atoms with Crippen LogP contribution < -0.4 is 19.5 Å². The molecule has 2 amide bonds. The highest BCUT2D eigenvalue weighted by Crippen LogP contribution is 2.27. The van der Waals surface area contributed by atoms with Crippen molar-refractivity contribution in [2.75, 3.05) is 27.4 Å². The van der Waals surface area contributed by atoms with Crippen LogP contribution in [0.2, 0.25) is 5.02 Å². The van der Waals surface area contributed by atoms with Crippen molar-refractivity contribution in [2.45, 2.75) is 32.4 Å². The number of carbonyl (C=O) groups is 2. The van der Waals surface area contributed by atoms with Gasteiger partial charge in [-0.25, -0.2) is 0 Å². The van der Waals surface area contributed by atoms with E-state index >= 15 is 0 Å². The second-order valence-corrected chi connectivity index (χ2v) is 8.92. The standard InChI is InChI=1S/C29H33ClN2O5/c1-4-14-31-29(34)27(15-21-8-6-5-7-9-21)32(19-22-10-12-23(30)13-11-22)28(33)20-37-26-17-24(35-2)16-25(18-26)36-3/h5-13,16-18,27H,4,14-15,19-20H2,1-3H3,(H,31,34)/t27-/m0/s1. The SMILES string of the molecule is CCCNC(=O)[C@H](Cc1ccccc1)N(Cc1ccc(Cl)cc1)C(=O)COc1cc(OC)cc(OC)c1. The monoisotopic (exact) mass is 524 g/mol. The molecule has 0 radical (unpaired) electrons. The third-order valence-electron chi connectivity index (χ3n) is 5.77. The van der Waals surface area contributed by atoms with Crippen molar-refractivity contribution in [1.29, 1.82) is 0 Å². The van der Waals surface area contributed by atoms with Crippen LogP contribution in [-0.4, -0.2) is 50.1 Å². The minimum absolute atomic E-state index is 0.212. The Labute approximate surface area is 223 Å². The number of methoxy groups -OCH3 is 2. The summed E-state index contributed by atoms with van der Waals surface area (Å²) in [7, 11) is 3.08. The molecule has 3 aromatic rings. The molecular formula is C29H33ClN2O5. The van der Waals surface area contributed by atoms with E-state index in [0.29, 0.717) is 35.2 Å². The number of nitrogens with zero attached hydrogens (tertiary/aromatic N) is 1. The van der Waals surface area contributed by atoms with E-state index in [1.807, 2.05) is 49.4 Å². The summed E-state index contributed by atoms with van der Waals surface area (Å²) in [6, 6.07) is 21.2. The van der Waals surface area contributed by atoms with E-state index in [4.69, 9.17) is 25.8 Å². The fourth-order valence-corrected chi connectivity index (χ4v) is 3.93. The summed E-state index contributed by atoms with van der Waals surface area (Å²) < 4.78 is 16.4. The number of carbonyl (C=O) groups excluding carboxylic acids is 2. The molecule has 3 aromatic carbocycles. The van der Waals surface area contributed by atoms with Crippen molar-refractivity contribution in [1.82, 2.24) is 10.2 Å². The maximum atomic E-state index is 13.6. The second kappa shape index (κ2) is 14.1. The highest BCUT2D eigenvalue weighted by Gasteiger charge is 2.30. The summed E-state index contributed by atoms with van der Waals surface area (Å²) in [5.41, 5.74) is 1.80. The largest absolute Gasteiger partial charge is 0.496 e. The average molecular weight is 525 g/mol. The average Bonchev–Trinajstić information content (AvgIpc) is 2.93. The molecule has 0 spiro atoms. The topological polar surface area (TPSA) is 77.1 Å². The van der Waals surface area contributed by atoms with Gasteiger partial charge in [-0.05, 0) is 29.7 Å². The molecule has 0 fully saturated rings. The summed E-state index contributed by atoms with van der Waals surface area (Å²) in [5, 5.41) is 3.55. The van der Waals surface area contributed by atoms with Gasteiger partial charge in [0.2, 0.25) is 5.91 Å². The van der Waals surface area contributed by atoms with Gasteiger partial charge in [0.1, 0.15) is 23.3 Å². The van der Waals surface area contributed by atoms with Crippen molar-refractivity contribution < 1.29 is 23.8 Å². The van der Waals surface area contributed by atoms with Crippen LogP contribution in [0.5, 0.6) is 17.2 Å². The van der Waals surface area contributed by atoms with E-state index in [9.17, 15) is 9.59 Å². The molecule has 3 rings (SSSR count). The maximum Gasteiger partial charge on any atom is 0.261 e. The van der Waals surface area contributed by atoms with Gasteiger partial charge >= 0.3 is 0 Å². The zero-order chi connectivity index (χ0) is 26.6. The summed E-state index contributed by atoms with van der Waals surface area (Å²) in [5.74, 6) is 0.966. The molecule has 37 heavy (non-hydrogen) atoms. The summed E-state index contributed by atoms with van der Waals surface area (Å²) in [6.07, 6.45) is 1.15. The lowest BCUT2D eigenvalue weighted by Gasteiger charge is -2.31. The van der Waals surface area contributed by atoms with Crippen LogP contribution in [0.3, 0.4) is 0 Å². The zero-order valence-corrected chi connectivity index (χ0v) is 22.2. The van der Waals surface area contributed by atoms with Crippen molar-refractivity contribution in [3.63, 3.8) is 0 Å². The van der Waals surface area contributed by atoms with E-state index in [-0.39, 0.29) is 25.0 Å². The molecule has 7 nitrogen and oxygen atoms in total. The smallest absolute Gasteiger partial charge is 0.261 e. The lowest BCUT2D eigenvalue weighted by molar-refractivity contribution is -0.142. The molecule has 0 aromatic heterocycles. The molecule has 0 heterocycles. The van der Waals surface area contributed by atoms with Crippen LogP contribution in [0.4, 0.5) is 0 Å². The van der Waals surface area contributed by atoms with Gasteiger partial charge in [0.15, 0.2) is 6.61 Å². The molecule has 196 valence electrons. The first-order valence-electron chi connectivity index (χ1n) is 12.1. The second-order valence-electron chi connectivity index (χ2n) is 8.48. The molecular weight excluding hydrogens is 492 g/mol. The molecule has 1 N–H and O–H groups in total. The molecule has 0 aliphatic heterocycles. The fourth-order valence-electron chi connectivity index (χ4n) is 3.80. The van der Waals surface area contributed by atoms with Crippen LogP contribution in [0.1, 0.15) is 24.5 Å². The van der Waals surface area contributed by atoms with Crippen LogP contribution in [0, 0.1) is 0 Å². The van der Waals surface area contributed by atoms with Gasteiger partial charge in [0.05, 0.1) is 14.2 Å². The van der Waals surface area contributed by atoms with Gasteiger partial charge in [-0.15, -0.1) is 0 Å². The van der Waals surface area contributed by atoms with Crippen molar-refractivity contribution in [2.24, 2.45) is 0 Å². The number of ether oxygens (including phenoxy) is 3. The first-order valence-corrected chi connectivity index (χ1v) is 12.5. The molecule has 0 saturated heterocycles. The van der Waals surface area contributed by atoms with E-state index in [1.165, 1.54) is 0 Å². The van der Waals surface area contributed by atoms with Gasteiger partial charge < -0.3 is 24.4 Å². The molecule has 1 atom stereocenters. The summed E-state index contributed by atoms with van der Waals surface area (Å²) in [4.78, 5) is 28.5. The van der Waals surface area contributed by atoms with Gasteiger partial charge in [-0.2, -0.15) is 0 Å². The van der Waals surface area contributed by atoms with Crippen LogP contribution in [0.15, 0.2) is 72.8 Å². The highest BCUT2D eigenvalue weighted by atomic mass is 35.5. The maximum absolute atomic E-state index is 13.6. The molecule has 0 aliphatic carbocycles. The number of hydrogen-bond donors (Lipinski definition) is 1. The lowest BCUT2D eigenvalue weighted by atomic mass is 10.0. The van der Waals surface area contributed by atoms with E-state index in [0.717, 1.165) is 17.5 Å². The predicted molar refractivity (Wildman–Crippen MR) is 144 cm³/mol. The number of hydrogen-bond acceptors (Lipinski definition) is 5. The third-order valence-corrected chi connectivity index (χ3v) is 6.03. The summed E-state index contributed by atoms with van der Waals surface area (Å²) >= 11 is 6.07. The quantitative estimate of drug-likeness (QED) is 0.344. The minimum atomic E-state index is -0.736. The molecule has 0 bridgehead atoms. The van der Waals surface area contributed by atoms with E-state index in [1.54, 1.807) is 49.5 Å². The lowest BCUT2D eigenvalue weighted by Crippen LogP contribution is -2.51. The summed E-state index contributed by atoms with van der Waals surface area (Å²) in [6.45, 7) is 2.46. The van der Waals surface area contributed by atoms with Crippen molar-refractivity contribution in [3.8, 4) is 17.2 Å².